The van der Waals surface area contributed by atoms with Crippen molar-refractivity contribution < 1.29 is 9.18 Å². The maximum absolute atomic E-state index is 14.5. The Morgan fingerprint density at radius 1 is 1.10 bits per heavy atom. The second-order valence-corrected chi connectivity index (χ2v) is 11.8. The zero-order chi connectivity index (χ0) is 29.6. The fraction of sp³-hybridized carbons (Fsp3) is 0.400. The molecular weight excluding hydrogens is 578 g/mol. The van der Waals surface area contributed by atoms with Crippen LogP contribution in [-0.2, 0) is 11.2 Å². The van der Waals surface area contributed by atoms with Crippen molar-refractivity contribution in [2.24, 2.45) is 28.3 Å². The Kier molecular flexibility index (Phi) is 9.64. The van der Waals surface area contributed by atoms with E-state index in [9.17, 15) is 9.18 Å². The van der Waals surface area contributed by atoms with E-state index in [1.807, 2.05) is 18.2 Å². The van der Waals surface area contributed by atoms with Gasteiger partial charge >= 0.3 is 0 Å². The van der Waals surface area contributed by atoms with Crippen LogP contribution in [0.5, 0.6) is 0 Å². The number of piperidine rings is 1. The molecule has 5 rings (SSSR count). The molecule has 0 radical (unpaired) electrons. The Balaban J connectivity index is 1.35. The van der Waals surface area contributed by atoms with Crippen molar-refractivity contribution in [1.29, 1.82) is 0 Å². The minimum absolute atomic E-state index is 0.0203. The number of para-hydroxylation sites is 1. The van der Waals surface area contributed by atoms with Gasteiger partial charge in [0.2, 0.25) is 11.9 Å². The molecule has 2 heterocycles. The van der Waals surface area contributed by atoms with Gasteiger partial charge in [-0.1, -0.05) is 41.4 Å². The number of aliphatic imine (C=N–C) groups is 1. The predicted octanol–water partition coefficient (Wildman–Crippen LogP) is 5.90. The molecule has 1 amide bonds. The standard InChI is InChI=1S/C30H35Cl2FN8O/c31-20-14-23(32)27(24(33)15-20)40-29(35)38-26-16-36-30(39-25(26)13-18-8-10-19(11-9-18)28(34)42)37-21-5-4-12-41(17-21)22-6-2-1-3-7-22/h1-3,6-7,14-16,18-19,21H,4-5,8-13,17H2,(H2,34,42)(H3,35,38,40)(H,36,37,39)/t18-,19+,21-/m1/s1. The molecule has 1 atom stereocenters. The smallest absolute Gasteiger partial charge is 0.223 e. The number of nitrogens with one attached hydrogen (secondary N) is 2. The van der Waals surface area contributed by atoms with E-state index in [0.29, 0.717) is 24.0 Å². The average molecular weight is 614 g/mol. The summed E-state index contributed by atoms with van der Waals surface area (Å²) in [5.74, 6) is -0.210. The van der Waals surface area contributed by atoms with Gasteiger partial charge in [0, 0.05) is 35.8 Å². The normalized spacial score (nSPS) is 21.2. The Morgan fingerprint density at radius 2 is 1.86 bits per heavy atom. The summed E-state index contributed by atoms with van der Waals surface area (Å²) >= 11 is 12.1. The Hall–Kier alpha value is -3.63. The number of rotatable bonds is 8. The van der Waals surface area contributed by atoms with E-state index in [1.165, 1.54) is 11.8 Å². The van der Waals surface area contributed by atoms with Crippen LogP contribution < -0.4 is 27.0 Å². The monoisotopic (exact) mass is 612 g/mol. The highest BCUT2D eigenvalue weighted by molar-refractivity contribution is 6.36. The number of hydrogen-bond donors (Lipinski definition) is 4. The number of guanidine groups is 1. The second-order valence-electron chi connectivity index (χ2n) is 11.0. The van der Waals surface area contributed by atoms with Crippen LogP contribution in [0.1, 0.15) is 44.2 Å². The van der Waals surface area contributed by atoms with Gasteiger partial charge < -0.3 is 27.0 Å². The second kappa shape index (κ2) is 13.6. The maximum Gasteiger partial charge on any atom is 0.223 e. The van der Waals surface area contributed by atoms with Gasteiger partial charge in [-0.2, -0.15) is 0 Å². The number of carbonyl (C=O) groups is 1. The van der Waals surface area contributed by atoms with Crippen molar-refractivity contribution >= 4 is 58.1 Å². The topological polar surface area (TPSA) is 135 Å². The highest BCUT2D eigenvalue weighted by Gasteiger charge is 2.27. The van der Waals surface area contributed by atoms with E-state index in [-0.39, 0.29) is 39.6 Å². The summed E-state index contributed by atoms with van der Waals surface area (Å²) in [6.07, 6.45) is 7.54. The third kappa shape index (κ3) is 7.60. The van der Waals surface area contributed by atoms with E-state index in [0.717, 1.165) is 63.4 Å². The minimum Gasteiger partial charge on any atom is -0.369 e. The van der Waals surface area contributed by atoms with Gasteiger partial charge in [-0.05, 0) is 75.1 Å². The predicted molar refractivity (Wildman–Crippen MR) is 167 cm³/mol. The summed E-state index contributed by atoms with van der Waals surface area (Å²) in [5, 5.41) is 6.51. The molecular formula is C30H35Cl2FN8O. The molecule has 1 saturated heterocycles. The fourth-order valence-electron chi connectivity index (χ4n) is 5.75. The summed E-state index contributed by atoms with van der Waals surface area (Å²) in [7, 11) is 0. The first-order chi connectivity index (χ1) is 20.2. The Labute approximate surface area is 254 Å². The zero-order valence-corrected chi connectivity index (χ0v) is 24.7. The molecule has 9 nitrogen and oxygen atoms in total. The lowest BCUT2D eigenvalue weighted by molar-refractivity contribution is -0.122. The molecule has 0 bridgehead atoms. The van der Waals surface area contributed by atoms with Crippen molar-refractivity contribution in [3.05, 3.63) is 70.2 Å². The van der Waals surface area contributed by atoms with Crippen LogP contribution in [0.3, 0.4) is 0 Å². The van der Waals surface area contributed by atoms with Crippen LogP contribution in [0, 0.1) is 17.7 Å². The summed E-state index contributed by atoms with van der Waals surface area (Å²) < 4.78 is 14.5. The van der Waals surface area contributed by atoms with E-state index in [4.69, 9.17) is 39.7 Å². The largest absolute Gasteiger partial charge is 0.369 e. The third-order valence-electron chi connectivity index (χ3n) is 7.95. The first kappa shape index (κ1) is 29.8. The van der Waals surface area contributed by atoms with Gasteiger partial charge in [0.25, 0.3) is 0 Å². The lowest BCUT2D eigenvalue weighted by Gasteiger charge is -2.34. The van der Waals surface area contributed by atoms with E-state index >= 15 is 0 Å². The Bertz CT molecular complexity index is 1410. The van der Waals surface area contributed by atoms with Crippen molar-refractivity contribution in [3.63, 3.8) is 0 Å². The molecule has 6 N–H and O–H groups in total. The maximum atomic E-state index is 14.5. The SMILES string of the molecule is N/C(=N\c1cnc(N[C@@H]2CCCN(c3ccccc3)C2)nc1C[C@H]1CC[C@@H](C(N)=O)CC1)Nc1c(F)cc(Cl)cc1Cl. The Morgan fingerprint density at radius 3 is 2.57 bits per heavy atom. The average Bonchev–Trinajstić information content (AvgIpc) is 2.97. The van der Waals surface area contributed by atoms with Crippen LogP contribution in [0.15, 0.2) is 53.7 Å². The number of benzene rings is 2. The number of primary amides is 1. The van der Waals surface area contributed by atoms with Gasteiger partial charge in [-0.25, -0.2) is 19.4 Å². The lowest BCUT2D eigenvalue weighted by Crippen LogP contribution is -2.42. The van der Waals surface area contributed by atoms with Gasteiger partial charge in [0.05, 0.1) is 22.6 Å². The molecule has 0 spiro atoms. The summed E-state index contributed by atoms with van der Waals surface area (Å²) in [4.78, 5) is 28.0. The summed E-state index contributed by atoms with van der Waals surface area (Å²) in [6, 6.07) is 13.1. The van der Waals surface area contributed by atoms with Crippen molar-refractivity contribution in [2.75, 3.05) is 28.6 Å². The summed E-state index contributed by atoms with van der Waals surface area (Å²) in [5.41, 5.74) is 14.1. The fourth-order valence-corrected chi connectivity index (χ4v) is 6.26. The van der Waals surface area contributed by atoms with Gasteiger partial charge in [0.1, 0.15) is 11.5 Å². The van der Waals surface area contributed by atoms with Crippen LogP contribution in [-0.4, -0.2) is 41.0 Å². The number of carbonyl (C=O) groups excluding carboxylic acids is 1. The molecule has 42 heavy (non-hydrogen) atoms. The number of hydrogen-bond acceptors (Lipinski definition) is 6. The minimum atomic E-state index is -0.648. The zero-order valence-electron chi connectivity index (χ0n) is 23.2. The molecule has 3 aromatic rings. The van der Waals surface area contributed by atoms with Crippen LogP contribution in [0.4, 0.5) is 27.4 Å². The van der Waals surface area contributed by atoms with Gasteiger partial charge in [-0.3, -0.25) is 4.79 Å². The molecule has 2 fully saturated rings. The number of nitrogens with two attached hydrogens (primary N) is 2. The third-order valence-corrected chi connectivity index (χ3v) is 8.47. The van der Waals surface area contributed by atoms with Gasteiger partial charge in [-0.15, -0.1) is 0 Å². The lowest BCUT2D eigenvalue weighted by atomic mass is 9.79. The molecule has 1 aliphatic carbocycles. The number of amides is 1. The molecule has 2 aliphatic rings. The number of nitrogens with zero attached hydrogens (tertiary/aromatic N) is 4. The van der Waals surface area contributed by atoms with E-state index < -0.39 is 5.82 Å². The van der Waals surface area contributed by atoms with Crippen LogP contribution in [0.25, 0.3) is 0 Å². The van der Waals surface area contributed by atoms with Gasteiger partial charge in [0.15, 0.2) is 5.96 Å². The van der Waals surface area contributed by atoms with Crippen molar-refractivity contribution in [1.82, 2.24) is 9.97 Å². The molecule has 2 aromatic carbocycles. The molecule has 1 aromatic heterocycles. The van der Waals surface area contributed by atoms with E-state index in [1.54, 1.807) is 6.20 Å². The molecule has 1 saturated carbocycles. The summed E-state index contributed by atoms with van der Waals surface area (Å²) in [6.45, 7) is 1.84. The van der Waals surface area contributed by atoms with E-state index in [2.05, 4.69) is 37.6 Å². The first-order valence-corrected chi connectivity index (χ1v) is 15.0. The van der Waals surface area contributed by atoms with Crippen LogP contribution >= 0.6 is 23.2 Å². The molecule has 1 aliphatic heterocycles. The van der Waals surface area contributed by atoms with Crippen LogP contribution in [0.2, 0.25) is 10.0 Å². The molecule has 222 valence electrons. The van der Waals surface area contributed by atoms with Crippen molar-refractivity contribution in [3.8, 4) is 0 Å². The quantitative estimate of drug-likeness (QED) is 0.184. The first-order valence-electron chi connectivity index (χ1n) is 14.2. The molecule has 12 heteroatoms. The highest BCUT2D eigenvalue weighted by atomic mass is 35.5. The number of aromatic nitrogens is 2. The highest BCUT2D eigenvalue weighted by Crippen LogP contribution is 2.33. The van der Waals surface area contributed by atoms with Crippen molar-refractivity contribution in [2.45, 2.75) is 51.0 Å². The number of halogens is 3. The molecule has 0 unspecified atom stereocenters. The number of anilines is 3.